The smallest absolute Gasteiger partial charge is 0.274 e. The van der Waals surface area contributed by atoms with Crippen molar-refractivity contribution in [2.75, 3.05) is 6.54 Å². The molecule has 0 N–H and O–H groups in total. The average Bonchev–Trinajstić information content (AvgIpc) is 2.94. The van der Waals surface area contributed by atoms with E-state index in [1.54, 1.807) is 0 Å². The normalized spacial score (nSPS) is 17.8. The fourth-order valence-electron chi connectivity index (χ4n) is 3.05. The van der Waals surface area contributed by atoms with Crippen molar-refractivity contribution in [3.63, 3.8) is 0 Å². The highest BCUT2D eigenvalue weighted by molar-refractivity contribution is 14.1. The summed E-state index contributed by atoms with van der Waals surface area (Å²) >= 11 is 0.906. The molecule has 2 amide bonds. The molecule has 3 nitrogen and oxygen atoms in total. The van der Waals surface area contributed by atoms with Crippen LogP contribution in [0.5, 0.6) is 0 Å². The minimum atomic E-state index is -7.33. The second-order valence-corrected chi connectivity index (χ2v) is 8.60. The first-order chi connectivity index (χ1) is 15.3. The Morgan fingerprint density at radius 2 is 1.24 bits per heavy atom. The quantitative estimate of drug-likeness (QED) is 0.137. The Hall–Kier alpha value is -1.94. The summed E-state index contributed by atoms with van der Waals surface area (Å²) in [7, 11) is 0. The van der Waals surface area contributed by atoms with Gasteiger partial charge in [0.25, 0.3) is 17.5 Å². The number of imide groups is 1. The van der Waals surface area contributed by atoms with E-state index in [4.69, 9.17) is 0 Å². The van der Waals surface area contributed by atoms with E-state index in [1.165, 1.54) is 24.3 Å². The topological polar surface area (TPSA) is 37.4 Å². The lowest BCUT2D eigenvalue weighted by atomic mass is 9.90. The lowest BCUT2D eigenvalue weighted by Gasteiger charge is -2.37. The number of carbonyl (C=O) groups is 2. The first-order valence-corrected chi connectivity index (χ1v) is 10.3. The van der Waals surface area contributed by atoms with Gasteiger partial charge >= 0.3 is 24.2 Å². The first-order valence-electron chi connectivity index (χ1n) is 9.20. The van der Waals surface area contributed by atoms with Gasteiger partial charge in [-0.2, -0.15) is 43.9 Å². The molecule has 0 bridgehead atoms. The van der Waals surface area contributed by atoms with Gasteiger partial charge in [-0.3, -0.25) is 14.5 Å². The monoisotopic (exact) mass is 623 g/mol. The minimum Gasteiger partial charge on any atom is -0.274 e. The van der Waals surface area contributed by atoms with Crippen LogP contribution in [-0.4, -0.2) is 53.1 Å². The highest BCUT2D eigenvalue weighted by Gasteiger charge is 2.85. The van der Waals surface area contributed by atoms with Gasteiger partial charge in [-0.05, 0) is 63.6 Å². The molecule has 1 aliphatic rings. The van der Waals surface area contributed by atoms with Crippen molar-refractivity contribution in [2.45, 2.75) is 49.1 Å². The van der Waals surface area contributed by atoms with Gasteiger partial charge in [0.15, 0.2) is 0 Å². The fraction of sp³-hybridized carbons (Fsp3) is 0.474. The maximum absolute atomic E-state index is 14.3. The van der Waals surface area contributed by atoms with Crippen LogP contribution < -0.4 is 0 Å². The van der Waals surface area contributed by atoms with Crippen molar-refractivity contribution in [1.29, 1.82) is 0 Å². The van der Waals surface area contributed by atoms with E-state index in [1.807, 2.05) is 0 Å². The van der Waals surface area contributed by atoms with Gasteiger partial charge in [0.05, 0.1) is 11.1 Å². The molecular formula is C19H13F11INO2. The Kier molecular flexibility index (Phi) is 7.71. The van der Waals surface area contributed by atoms with Gasteiger partial charge in [-0.1, -0.05) is 12.1 Å². The molecule has 0 spiro atoms. The van der Waals surface area contributed by atoms with E-state index in [-0.39, 0.29) is 30.5 Å². The van der Waals surface area contributed by atoms with Gasteiger partial charge in [-0.25, -0.2) is 4.39 Å². The van der Waals surface area contributed by atoms with Crippen LogP contribution in [0.4, 0.5) is 48.3 Å². The number of unbranched alkanes of at least 4 members (excludes halogenated alkanes) is 1. The second kappa shape index (κ2) is 9.26. The van der Waals surface area contributed by atoms with Crippen LogP contribution in [0.15, 0.2) is 33.9 Å². The molecule has 2 rings (SSSR count). The number of hydrogen-bond acceptors (Lipinski definition) is 2. The van der Waals surface area contributed by atoms with Crippen LogP contribution in [0.1, 0.15) is 40.0 Å². The molecule has 0 aromatic heterocycles. The lowest BCUT2D eigenvalue weighted by Crippen LogP contribution is -2.66. The molecule has 1 atom stereocenters. The van der Waals surface area contributed by atoms with Crippen LogP contribution in [0, 0.1) is 0 Å². The summed E-state index contributed by atoms with van der Waals surface area (Å²) in [4.78, 5) is 25.2. The Balaban J connectivity index is 2.14. The number of amides is 2. The summed E-state index contributed by atoms with van der Waals surface area (Å²) in [5.41, 5.74) is -6.11. The van der Waals surface area contributed by atoms with E-state index < -0.39 is 57.8 Å². The Morgan fingerprint density at radius 1 is 0.765 bits per heavy atom. The maximum Gasteiger partial charge on any atom is 0.460 e. The molecule has 0 radical (unpaired) electrons. The third-order valence-electron chi connectivity index (χ3n) is 4.90. The van der Waals surface area contributed by atoms with Crippen molar-refractivity contribution >= 4 is 34.4 Å². The summed E-state index contributed by atoms with van der Waals surface area (Å²) in [6, 6.07) is 5.78. The van der Waals surface area contributed by atoms with E-state index >= 15 is 0 Å². The SMILES string of the molecule is O=C1c2ccccc2C(=O)N1CCCCC(I)=CC(F)(C(F)(F)F)C(F)(F)C(F)(F)C(F)(F)F. The van der Waals surface area contributed by atoms with E-state index in [0.717, 1.165) is 27.5 Å². The average molecular weight is 623 g/mol. The number of carbonyl (C=O) groups excluding carboxylic acids is 2. The predicted octanol–water partition coefficient (Wildman–Crippen LogP) is 6.88. The zero-order valence-electron chi connectivity index (χ0n) is 16.5. The molecule has 34 heavy (non-hydrogen) atoms. The summed E-state index contributed by atoms with van der Waals surface area (Å²) < 4.78 is 143. The Morgan fingerprint density at radius 3 is 1.65 bits per heavy atom. The van der Waals surface area contributed by atoms with Crippen LogP contribution in [0.3, 0.4) is 0 Å². The molecule has 1 unspecified atom stereocenters. The zero-order valence-corrected chi connectivity index (χ0v) is 18.7. The number of alkyl halides is 11. The van der Waals surface area contributed by atoms with Gasteiger partial charge in [0.1, 0.15) is 0 Å². The van der Waals surface area contributed by atoms with Crippen molar-refractivity contribution < 1.29 is 57.9 Å². The highest BCUT2D eigenvalue weighted by atomic mass is 127. The number of fused-ring (bicyclic) bond motifs is 1. The van der Waals surface area contributed by atoms with Gasteiger partial charge in [0, 0.05) is 6.54 Å². The first kappa shape index (κ1) is 28.3. The van der Waals surface area contributed by atoms with Gasteiger partial charge in [-0.15, -0.1) is 0 Å². The number of rotatable bonds is 8. The third-order valence-corrected chi connectivity index (χ3v) is 5.75. The molecular weight excluding hydrogens is 610 g/mol. The lowest BCUT2D eigenvalue weighted by molar-refractivity contribution is -0.402. The number of nitrogens with zero attached hydrogens (tertiary/aromatic N) is 1. The highest BCUT2D eigenvalue weighted by Crippen LogP contribution is 2.58. The molecule has 1 aromatic rings. The Labute approximate surface area is 198 Å². The van der Waals surface area contributed by atoms with E-state index in [9.17, 15) is 57.9 Å². The minimum absolute atomic E-state index is 0.105. The molecule has 0 saturated heterocycles. The number of hydrogen-bond donors (Lipinski definition) is 0. The van der Waals surface area contributed by atoms with Gasteiger partial charge in [0.2, 0.25) is 0 Å². The Bertz CT molecular complexity index is 952. The molecule has 1 aliphatic heterocycles. The number of allylic oxidation sites excluding steroid dienone is 2. The zero-order chi connectivity index (χ0) is 26.3. The van der Waals surface area contributed by atoms with Crippen molar-refractivity contribution in [3.05, 3.63) is 45.0 Å². The summed E-state index contributed by atoms with van der Waals surface area (Å²) in [6.45, 7) is -0.251. The van der Waals surface area contributed by atoms with E-state index in [2.05, 4.69) is 0 Å². The largest absolute Gasteiger partial charge is 0.460 e. The van der Waals surface area contributed by atoms with Gasteiger partial charge < -0.3 is 0 Å². The van der Waals surface area contributed by atoms with Crippen molar-refractivity contribution in [3.8, 4) is 0 Å². The fourth-order valence-corrected chi connectivity index (χ4v) is 3.86. The molecule has 1 aromatic carbocycles. The predicted molar refractivity (Wildman–Crippen MR) is 104 cm³/mol. The van der Waals surface area contributed by atoms with Crippen LogP contribution in [-0.2, 0) is 0 Å². The summed E-state index contributed by atoms with van der Waals surface area (Å²) in [6.07, 6.45) is -16.0. The van der Waals surface area contributed by atoms with Crippen molar-refractivity contribution in [2.24, 2.45) is 0 Å². The van der Waals surface area contributed by atoms with E-state index in [0.29, 0.717) is 0 Å². The second-order valence-electron chi connectivity index (χ2n) is 7.21. The molecule has 1 heterocycles. The van der Waals surface area contributed by atoms with Crippen LogP contribution >= 0.6 is 22.6 Å². The van der Waals surface area contributed by atoms with Crippen LogP contribution in [0.2, 0.25) is 0 Å². The summed E-state index contributed by atoms with van der Waals surface area (Å²) in [5.74, 6) is -15.9. The third kappa shape index (κ3) is 4.76. The summed E-state index contributed by atoms with van der Waals surface area (Å²) in [5, 5.41) is 0. The number of benzene rings is 1. The maximum atomic E-state index is 14.3. The van der Waals surface area contributed by atoms with Crippen molar-refractivity contribution in [1.82, 2.24) is 4.90 Å². The molecule has 15 heteroatoms. The molecule has 190 valence electrons. The number of halogens is 12. The standard InChI is InChI=1S/C19H13F11INO2/c20-15(18(25,26)27,16(21,22)17(23,24)19(28,29)30)9-10(31)5-3-4-8-32-13(33)11-6-1-2-7-12(11)14(32)34/h1-2,6-7,9H,3-5,8H2. The molecule has 0 aliphatic carbocycles. The molecule has 0 fully saturated rings. The van der Waals surface area contributed by atoms with Crippen LogP contribution in [0.25, 0.3) is 0 Å². The molecule has 0 saturated carbocycles.